The molecule has 0 bridgehead atoms. The zero-order valence-electron chi connectivity index (χ0n) is 10.8. The summed E-state index contributed by atoms with van der Waals surface area (Å²) in [7, 11) is 0. The zero-order valence-corrected chi connectivity index (χ0v) is 10.8. The Kier molecular flexibility index (Phi) is 4.50. The highest BCUT2D eigenvalue weighted by atomic mass is 16.5. The second-order valence-corrected chi connectivity index (χ2v) is 4.50. The first-order valence-electron chi connectivity index (χ1n) is 6.59. The Morgan fingerprint density at radius 3 is 2.71 bits per heavy atom. The van der Waals surface area contributed by atoms with E-state index in [1.54, 1.807) is 0 Å². The molecule has 0 unspecified atom stereocenters. The van der Waals surface area contributed by atoms with E-state index in [1.165, 1.54) is 12.8 Å². The van der Waals surface area contributed by atoms with Gasteiger partial charge in [0, 0.05) is 12.5 Å². The van der Waals surface area contributed by atoms with Crippen LogP contribution in [-0.2, 0) is 13.0 Å². The lowest BCUT2D eigenvalue weighted by atomic mass is 10.0. The van der Waals surface area contributed by atoms with E-state index in [9.17, 15) is 0 Å². The minimum absolute atomic E-state index is 0.651. The minimum Gasteiger partial charge on any atom is -0.338 e. The molecule has 0 aromatic carbocycles. The van der Waals surface area contributed by atoms with Crippen molar-refractivity contribution in [2.24, 2.45) is 0 Å². The molecular formula is C12H22N4O. The van der Waals surface area contributed by atoms with Crippen LogP contribution in [0.3, 0.4) is 0 Å². The monoisotopic (exact) mass is 238 g/mol. The third kappa shape index (κ3) is 3.26. The summed E-state index contributed by atoms with van der Waals surface area (Å²) >= 11 is 0. The van der Waals surface area contributed by atoms with E-state index in [2.05, 4.69) is 27.3 Å². The van der Waals surface area contributed by atoms with E-state index in [-0.39, 0.29) is 0 Å². The topological polar surface area (TPSA) is 54.2 Å². The highest BCUT2D eigenvalue weighted by Gasteiger charge is 2.21. The maximum absolute atomic E-state index is 5.26. The molecule has 17 heavy (non-hydrogen) atoms. The van der Waals surface area contributed by atoms with Crippen LogP contribution in [0.1, 0.15) is 38.4 Å². The Hall–Kier alpha value is -0.940. The molecule has 1 N–H and O–H groups in total. The summed E-state index contributed by atoms with van der Waals surface area (Å²) in [5.41, 5.74) is 0. The Balaban J connectivity index is 1.93. The molecule has 1 aliphatic rings. The molecule has 1 aromatic heterocycles. The second-order valence-electron chi connectivity index (χ2n) is 4.50. The molecule has 0 atom stereocenters. The van der Waals surface area contributed by atoms with Crippen molar-refractivity contribution in [1.82, 2.24) is 20.4 Å². The van der Waals surface area contributed by atoms with Gasteiger partial charge in [-0.15, -0.1) is 0 Å². The molecule has 0 spiro atoms. The zero-order chi connectivity index (χ0) is 12.1. The second kappa shape index (κ2) is 6.12. The van der Waals surface area contributed by atoms with Gasteiger partial charge >= 0.3 is 0 Å². The SMILES string of the molecule is CCc1noc(CN(CC)C2CCNCC2)n1. The minimum atomic E-state index is 0.651. The average Bonchev–Trinajstić information content (AvgIpc) is 2.84. The smallest absolute Gasteiger partial charge is 0.240 e. The Labute approximate surface area is 103 Å². The number of hydrogen-bond donors (Lipinski definition) is 1. The van der Waals surface area contributed by atoms with Gasteiger partial charge in [0.15, 0.2) is 5.82 Å². The van der Waals surface area contributed by atoms with Gasteiger partial charge in [0.1, 0.15) is 0 Å². The number of hydrogen-bond acceptors (Lipinski definition) is 5. The largest absolute Gasteiger partial charge is 0.338 e. The van der Waals surface area contributed by atoms with Gasteiger partial charge in [0.25, 0.3) is 0 Å². The van der Waals surface area contributed by atoms with Crippen molar-refractivity contribution in [3.8, 4) is 0 Å². The van der Waals surface area contributed by atoms with E-state index in [1.807, 2.05) is 6.92 Å². The van der Waals surface area contributed by atoms with Crippen LogP contribution in [0.4, 0.5) is 0 Å². The van der Waals surface area contributed by atoms with Crippen molar-refractivity contribution in [3.05, 3.63) is 11.7 Å². The molecule has 5 nitrogen and oxygen atoms in total. The van der Waals surface area contributed by atoms with E-state index in [4.69, 9.17) is 4.52 Å². The molecule has 2 rings (SSSR count). The third-order valence-corrected chi connectivity index (χ3v) is 3.40. The standard InChI is InChI=1S/C12H22N4O/c1-3-11-14-12(17-15-11)9-16(4-2)10-5-7-13-8-6-10/h10,13H,3-9H2,1-2H3. The summed E-state index contributed by atoms with van der Waals surface area (Å²) in [6.45, 7) is 8.29. The fourth-order valence-electron chi connectivity index (χ4n) is 2.34. The Morgan fingerprint density at radius 2 is 2.12 bits per heavy atom. The number of aromatic nitrogens is 2. The van der Waals surface area contributed by atoms with Gasteiger partial charge in [-0.1, -0.05) is 19.0 Å². The van der Waals surface area contributed by atoms with Gasteiger partial charge in [-0.25, -0.2) is 0 Å². The van der Waals surface area contributed by atoms with Crippen LogP contribution in [0.5, 0.6) is 0 Å². The highest BCUT2D eigenvalue weighted by Crippen LogP contribution is 2.14. The predicted octanol–water partition coefficient (Wildman–Crippen LogP) is 1.21. The van der Waals surface area contributed by atoms with E-state index in [0.717, 1.165) is 44.3 Å². The molecule has 2 heterocycles. The average molecular weight is 238 g/mol. The first-order chi connectivity index (χ1) is 8.33. The van der Waals surface area contributed by atoms with Crippen molar-refractivity contribution in [3.63, 3.8) is 0 Å². The molecule has 96 valence electrons. The summed E-state index contributed by atoms with van der Waals surface area (Å²) < 4.78 is 5.26. The van der Waals surface area contributed by atoms with Gasteiger partial charge in [-0.05, 0) is 32.5 Å². The Morgan fingerprint density at radius 1 is 1.35 bits per heavy atom. The summed E-state index contributed by atoms with van der Waals surface area (Å²) in [5, 5.41) is 7.33. The summed E-state index contributed by atoms with van der Waals surface area (Å²) in [5.74, 6) is 1.56. The lowest BCUT2D eigenvalue weighted by Crippen LogP contribution is -2.42. The molecule has 1 aromatic rings. The van der Waals surface area contributed by atoms with Gasteiger partial charge in [0.2, 0.25) is 5.89 Å². The van der Waals surface area contributed by atoms with Crippen LogP contribution in [0.15, 0.2) is 4.52 Å². The predicted molar refractivity (Wildman–Crippen MR) is 65.7 cm³/mol. The molecule has 1 fully saturated rings. The van der Waals surface area contributed by atoms with E-state index < -0.39 is 0 Å². The quantitative estimate of drug-likeness (QED) is 0.835. The van der Waals surface area contributed by atoms with E-state index in [0.29, 0.717) is 6.04 Å². The van der Waals surface area contributed by atoms with Crippen LogP contribution >= 0.6 is 0 Å². The maximum atomic E-state index is 5.26. The maximum Gasteiger partial charge on any atom is 0.240 e. The first-order valence-corrected chi connectivity index (χ1v) is 6.59. The van der Waals surface area contributed by atoms with Crippen LogP contribution in [-0.4, -0.2) is 40.7 Å². The molecule has 0 radical (unpaired) electrons. The summed E-state index contributed by atoms with van der Waals surface area (Å²) in [6.07, 6.45) is 3.26. The first kappa shape index (κ1) is 12.5. The lowest BCUT2D eigenvalue weighted by Gasteiger charge is -2.32. The molecule has 0 amide bonds. The fourth-order valence-corrected chi connectivity index (χ4v) is 2.34. The molecule has 0 aliphatic carbocycles. The van der Waals surface area contributed by atoms with Gasteiger partial charge in [-0.3, -0.25) is 4.90 Å². The lowest BCUT2D eigenvalue weighted by molar-refractivity contribution is 0.144. The van der Waals surface area contributed by atoms with Crippen LogP contribution in [0.25, 0.3) is 0 Å². The van der Waals surface area contributed by atoms with Gasteiger partial charge in [0.05, 0.1) is 6.54 Å². The normalized spacial score (nSPS) is 17.8. The third-order valence-electron chi connectivity index (χ3n) is 3.40. The van der Waals surface area contributed by atoms with Crippen LogP contribution < -0.4 is 5.32 Å². The van der Waals surface area contributed by atoms with Crippen molar-refractivity contribution in [1.29, 1.82) is 0 Å². The number of nitrogens with zero attached hydrogens (tertiary/aromatic N) is 3. The van der Waals surface area contributed by atoms with Crippen LogP contribution in [0, 0.1) is 0 Å². The molecule has 0 saturated carbocycles. The van der Waals surface area contributed by atoms with Crippen molar-refractivity contribution in [2.45, 2.75) is 45.7 Å². The van der Waals surface area contributed by atoms with Crippen molar-refractivity contribution >= 4 is 0 Å². The van der Waals surface area contributed by atoms with E-state index >= 15 is 0 Å². The summed E-state index contributed by atoms with van der Waals surface area (Å²) in [4.78, 5) is 6.81. The van der Waals surface area contributed by atoms with Crippen LogP contribution in [0.2, 0.25) is 0 Å². The van der Waals surface area contributed by atoms with Crippen molar-refractivity contribution in [2.75, 3.05) is 19.6 Å². The number of rotatable bonds is 5. The number of piperidine rings is 1. The van der Waals surface area contributed by atoms with Gasteiger partial charge in [-0.2, -0.15) is 4.98 Å². The molecule has 5 heteroatoms. The summed E-state index contributed by atoms with van der Waals surface area (Å²) in [6, 6.07) is 0.651. The molecular weight excluding hydrogens is 216 g/mol. The molecule has 1 saturated heterocycles. The number of aryl methyl sites for hydroxylation is 1. The van der Waals surface area contributed by atoms with Gasteiger partial charge < -0.3 is 9.84 Å². The Bertz CT molecular complexity index is 333. The fraction of sp³-hybridized carbons (Fsp3) is 0.833. The highest BCUT2D eigenvalue weighted by molar-refractivity contribution is 4.87. The van der Waals surface area contributed by atoms with Crippen molar-refractivity contribution < 1.29 is 4.52 Å². The molecule has 1 aliphatic heterocycles. The number of nitrogens with one attached hydrogen (secondary N) is 1.